The van der Waals surface area contributed by atoms with Gasteiger partial charge in [-0.05, 0) is 48.7 Å². The highest BCUT2D eigenvalue weighted by atomic mass is 16.5. The van der Waals surface area contributed by atoms with Gasteiger partial charge in [0, 0.05) is 49.4 Å². The molecule has 5 nitrogen and oxygen atoms in total. The predicted octanol–water partition coefficient (Wildman–Crippen LogP) is 3.89. The van der Waals surface area contributed by atoms with Gasteiger partial charge in [0.1, 0.15) is 0 Å². The Morgan fingerprint density at radius 2 is 2.03 bits per heavy atom. The Bertz CT molecular complexity index is 942. The number of carbonyl (C=O) groups excluding carboxylic acids is 1. The fraction of sp³-hybridized carbons (Fsp3) is 0.292. The Labute approximate surface area is 172 Å². The molecule has 2 aromatic heterocycles. The van der Waals surface area contributed by atoms with Gasteiger partial charge in [-0.2, -0.15) is 0 Å². The van der Waals surface area contributed by atoms with Crippen LogP contribution in [0.2, 0.25) is 0 Å². The molecular weight excluding hydrogens is 362 g/mol. The summed E-state index contributed by atoms with van der Waals surface area (Å²) >= 11 is 0. The van der Waals surface area contributed by atoms with Crippen LogP contribution < -0.4 is 5.32 Å². The van der Waals surface area contributed by atoms with Gasteiger partial charge in [0.2, 0.25) is 0 Å². The maximum absolute atomic E-state index is 11.8. The maximum atomic E-state index is 11.8. The molecule has 150 valence electrons. The van der Waals surface area contributed by atoms with E-state index in [-0.39, 0.29) is 12.4 Å². The third-order valence-corrected chi connectivity index (χ3v) is 4.62. The molecule has 0 radical (unpaired) electrons. The van der Waals surface area contributed by atoms with E-state index in [9.17, 15) is 4.79 Å². The van der Waals surface area contributed by atoms with Gasteiger partial charge in [0.15, 0.2) is 0 Å². The van der Waals surface area contributed by atoms with E-state index in [4.69, 9.17) is 4.74 Å². The van der Waals surface area contributed by atoms with Crippen molar-refractivity contribution in [1.29, 1.82) is 0 Å². The number of nitrogens with zero attached hydrogens (tertiary/aromatic N) is 2. The van der Waals surface area contributed by atoms with E-state index in [1.54, 1.807) is 6.20 Å². The van der Waals surface area contributed by atoms with E-state index in [1.165, 1.54) is 11.1 Å². The Balaban J connectivity index is 1.70. The average molecular weight is 389 g/mol. The van der Waals surface area contributed by atoms with E-state index >= 15 is 0 Å². The Kier molecular flexibility index (Phi) is 7.47. The fourth-order valence-electron chi connectivity index (χ4n) is 3.25. The van der Waals surface area contributed by atoms with Crippen LogP contribution in [-0.2, 0) is 28.9 Å². The third kappa shape index (κ3) is 6.22. The third-order valence-electron chi connectivity index (χ3n) is 4.62. The van der Waals surface area contributed by atoms with Crippen molar-refractivity contribution in [2.75, 3.05) is 13.2 Å². The summed E-state index contributed by atoms with van der Waals surface area (Å²) in [6.07, 6.45) is 6.51. The van der Waals surface area contributed by atoms with Gasteiger partial charge in [-0.3, -0.25) is 14.8 Å². The second-order valence-electron chi connectivity index (χ2n) is 6.97. The van der Waals surface area contributed by atoms with Gasteiger partial charge >= 0.3 is 5.97 Å². The number of benzene rings is 1. The second kappa shape index (κ2) is 10.5. The summed E-state index contributed by atoms with van der Waals surface area (Å²) in [6, 6.07) is 14.4. The number of carbonyl (C=O) groups is 1. The van der Waals surface area contributed by atoms with E-state index < -0.39 is 0 Å². The van der Waals surface area contributed by atoms with Gasteiger partial charge in [0.05, 0.1) is 13.0 Å². The minimum absolute atomic E-state index is 0.230. The van der Waals surface area contributed by atoms with Crippen molar-refractivity contribution in [1.82, 2.24) is 15.3 Å². The molecule has 0 saturated carbocycles. The summed E-state index contributed by atoms with van der Waals surface area (Å²) in [7, 11) is 0. The number of esters is 1. The highest BCUT2D eigenvalue weighted by molar-refractivity contribution is 5.74. The number of aryl methyl sites for hydroxylation is 1. The Hall–Kier alpha value is -3.05. The van der Waals surface area contributed by atoms with Crippen molar-refractivity contribution in [2.24, 2.45) is 0 Å². The maximum Gasteiger partial charge on any atom is 0.310 e. The highest BCUT2D eigenvalue weighted by Crippen LogP contribution is 2.25. The SMILES string of the molecule is CCOC(=O)Cc1cncc(-c2ccc(C)cc2CNCCc2ccccn2)c1. The molecule has 0 aliphatic rings. The molecule has 3 rings (SSSR count). The lowest BCUT2D eigenvalue weighted by Crippen LogP contribution is -2.17. The van der Waals surface area contributed by atoms with Crippen LogP contribution in [0.1, 0.15) is 29.3 Å². The van der Waals surface area contributed by atoms with Crippen molar-refractivity contribution in [3.05, 3.63) is 83.4 Å². The summed E-state index contributed by atoms with van der Waals surface area (Å²) in [5, 5.41) is 3.52. The van der Waals surface area contributed by atoms with Gasteiger partial charge in [0.25, 0.3) is 0 Å². The number of rotatable bonds is 9. The summed E-state index contributed by atoms with van der Waals surface area (Å²) < 4.78 is 5.05. The molecule has 0 unspecified atom stereocenters. The highest BCUT2D eigenvalue weighted by Gasteiger charge is 2.10. The van der Waals surface area contributed by atoms with E-state index in [0.717, 1.165) is 41.9 Å². The minimum Gasteiger partial charge on any atom is -0.466 e. The Morgan fingerprint density at radius 1 is 1.14 bits per heavy atom. The molecule has 29 heavy (non-hydrogen) atoms. The Morgan fingerprint density at radius 3 is 2.83 bits per heavy atom. The molecule has 5 heteroatoms. The first-order valence-electron chi connectivity index (χ1n) is 9.95. The van der Waals surface area contributed by atoms with Crippen molar-refractivity contribution in [3.8, 4) is 11.1 Å². The second-order valence-corrected chi connectivity index (χ2v) is 6.97. The lowest BCUT2D eigenvalue weighted by atomic mass is 9.97. The van der Waals surface area contributed by atoms with Gasteiger partial charge in [-0.1, -0.05) is 29.8 Å². The number of pyridine rings is 2. The standard InChI is InChI=1S/C24H27N3O2/c1-3-29-24(28)14-19-13-21(17-26-15-19)23-8-7-18(2)12-20(23)16-25-11-9-22-6-4-5-10-27-22/h4-8,10,12-13,15,17,25H,3,9,11,14,16H2,1-2H3. The van der Waals surface area contributed by atoms with E-state index in [2.05, 4.69) is 40.4 Å². The molecular formula is C24H27N3O2. The molecule has 2 heterocycles. The van der Waals surface area contributed by atoms with Crippen molar-refractivity contribution < 1.29 is 9.53 Å². The fourth-order valence-corrected chi connectivity index (χ4v) is 3.25. The summed E-state index contributed by atoms with van der Waals surface area (Å²) in [4.78, 5) is 20.5. The first-order chi connectivity index (χ1) is 14.2. The smallest absolute Gasteiger partial charge is 0.310 e. The van der Waals surface area contributed by atoms with Crippen LogP contribution in [0.15, 0.2) is 61.1 Å². The zero-order valence-electron chi connectivity index (χ0n) is 17.0. The zero-order valence-corrected chi connectivity index (χ0v) is 17.0. The molecule has 0 aliphatic heterocycles. The van der Waals surface area contributed by atoms with Crippen molar-refractivity contribution in [2.45, 2.75) is 33.2 Å². The van der Waals surface area contributed by atoms with Crippen LogP contribution in [0.3, 0.4) is 0 Å². The van der Waals surface area contributed by atoms with Crippen LogP contribution in [-0.4, -0.2) is 29.1 Å². The van der Waals surface area contributed by atoms with Crippen molar-refractivity contribution >= 4 is 5.97 Å². The average Bonchev–Trinajstić information content (AvgIpc) is 2.72. The molecule has 0 fully saturated rings. The van der Waals surface area contributed by atoms with Gasteiger partial charge in [-0.15, -0.1) is 0 Å². The van der Waals surface area contributed by atoms with Crippen LogP contribution in [0.25, 0.3) is 11.1 Å². The van der Waals surface area contributed by atoms with Crippen LogP contribution >= 0.6 is 0 Å². The summed E-state index contributed by atoms with van der Waals surface area (Å²) in [6.45, 7) is 5.90. The summed E-state index contributed by atoms with van der Waals surface area (Å²) in [5.41, 5.74) is 6.50. The number of hydrogen-bond donors (Lipinski definition) is 1. The first kappa shape index (κ1) is 20.7. The predicted molar refractivity (Wildman–Crippen MR) is 114 cm³/mol. The zero-order chi connectivity index (χ0) is 20.5. The first-order valence-corrected chi connectivity index (χ1v) is 9.95. The van der Waals surface area contributed by atoms with Crippen molar-refractivity contribution in [3.63, 3.8) is 0 Å². The van der Waals surface area contributed by atoms with E-state index in [0.29, 0.717) is 6.61 Å². The largest absolute Gasteiger partial charge is 0.466 e. The number of nitrogens with one attached hydrogen (secondary N) is 1. The molecule has 1 N–H and O–H groups in total. The molecule has 0 atom stereocenters. The monoisotopic (exact) mass is 389 g/mol. The normalized spacial score (nSPS) is 10.7. The molecule has 0 aliphatic carbocycles. The quantitative estimate of drug-likeness (QED) is 0.444. The number of ether oxygens (including phenoxy) is 1. The lowest BCUT2D eigenvalue weighted by Gasteiger charge is -2.13. The molecule has 3 aromatic rings. The van der Waals surface area contributed by atoms with E-state index in [1.807, 2.05) is 43.6 Å². The summed E-state index contributed by atoms with van der Waals surface area (Å²) in [5.74, 6) is -0.230. The van der Waals surface area contributed by atoms with Crippen LogP contribution in [0.4, 0.5) is 0 Å². The van der Waals surface area contributed by atoms with Crippen LogP contribution in [0.5, 0.6) is 0 Å². The molecule has 1 aromatic carbocycles. The molecule has 0 amide bonds. The molecule has 0 bridgehead atoms. The minimum atomic E-state index is -0.230. The topological polar surface area (TPSA) is 64.1 Å². The van der Waals surface area contributed by atoms with Gasteiger partial charge in [-0.25, -0.2) is 0 Å². The number of hydrogen-bond acceptors (Lipinski definition) is 5. The van der Waals surface area contributed by atoms with Gasteiger partial charge < -0.3 is 10.1 Å². The van der Waals surface area contributed by atoms with Crippen LogP contribution in [0, 0.1) is 6.92 Å². The molecule has 0 saturated heterocycles. The molecule has 0 spiro atoms. The number of aromatic nitrogens is 2. The lowest BCUT2D eigenvalue weighted by molar-refractivity contribution is -0.142.